The first-order valence-electron chi connectivity index (χ1n) is 4.05. The molecule has 1 aromatic rings. The number of ether oxygens (including phenoxy) is 1. The third kappa shape index (κ3) is 1.46. The lowest BCUT2D eigenvalue weighted by Crippen LogP contribution is -2.19. The molecule has 7 heteroatoms. The molecule has 0 radical (unpaired) electrons. The fourth-order valence-corrected chi connectivity index (χ4v) is 1.30. The van der Waals surface area contributed by atoms with E-state index in [0.717, 1.165) is 0 Å². The van der Waals surface area contributed by atoms with Gasteiger partial charge in [-0.3, -0.25) is 0 Å². The molecule has 2 heterocycles. The number of carbonyl (C=O) groups is 1. The normalized spacial score (nSPS) is 26.6. The van der Waals surface area contributed by atoms with Crippen LogP contribution in [0.1, 0.15) is 16.5 Å². The first-order valence-corrected chi connectivity index (χ1v) is 4.05. The Kier molecular flexibility index (Phi) is 2.16. The van der Waals surface area contributed by atoms with Crippen molar-refractivity contribution >= 4 is 5.97 Å². The minimum Gasteiger partial charge on any atom is -0.476 e. The van der Waals surface area contributed by atoms with E-state index in [2.05, 4.69) is 10.3 Å². The maximum atomic E-state index is 13.1. The van der Waals surface area contributed by atoms with Gasteiger partial charge < -0.3 is 9.84 Å². The molecule has 0 aromatic carbocycles. The molecule has 14 heavy (non-hydrogen) atoms. The quantitative estimate of drug-likeness (QED) is 0.722. The lowest BCUT2D eigenvalue weighted by molar-refractivity contribution is 0.0690. The summed E-state index contributed by atoms with van der Waals surface area (Å²) in [6.07, 6.45) is 0.0483. The molecule has 0 amide bonds. The van der Waals surface area contributed by atoms with Gasteiger partial charge in [0.05, 0.1) is 19.4 Å². The summed E-state index contributed by atoms with van der Waals surface area (Å²) in [5, 5.41) is 15.5. The number of rotatable bonds is 2. The zero-order chi connectivity index (χ0) is 10.1. The van der Waals surface area contributed by atoms with Crippen molar-refractivity contribution in [2.24, 2.45) is 0 Å². The van der Waals surface area contributed by atoms with Crippen LogP contribution >= 0.6 is 0 Å². The first-order chi connectivity index (χ1) is 6.68. The van der Waals surface area contributed by atoms with Crippen molar-refractivity contribution in [2.45, 2.75) is 12.2 Å². The van der Waals surface area contributed by atoms with Crippen molar-refractivity contribution in [3.05, 3.63) is 11.9 Å². The lowest BCUT2D eigenvalue weighted by Gasteiger charge is -2.08. The first kappa shape index (κ1) is 9.07. The Balaban J connectivity index is 2.20. The minimum absolute atomic E-state index is 0.0208. The van der Waals surface area contributed by atoms with E-state index in [9.17, 15) is 9.18 Å². The average Bonchev–Trinajstić information content (AvgIpc) is 2.71. The summed E-state index contributed by atoms with van der Waals surface area (Å²) >= 11 is 0. The molecule has 1 fully saturated rings. The molecule has 6 nitrogen and oxygen atoms in total. The molecule has 0 spiro atoms. The van der Waals surface area contributed by atoms with E-state index in [1.165, 1.54) is 10.9 Å². The smallest absolute Gasteiger partial charge is 0.358 e. The largest absolute Gasteiger partial charge is 0.476 e. The minimum atomic E-state index is -1.18. The highest BCUT2D eigenvalue weighted by atomic mass is 19.1. The molecule has 1 aromatic heterocycles. The molecule has 0 bridgehead atoms. The van der Waals surface area contributed by atoms with E-state index in [-0.39, 0.29) is 18.9 Å². The van der Waals surface area contributed by atoms with Crippen molar-refractivity contribution in [1.29, 1.82) is 0 Å². The van der Waals surface area contributed by atoms with Gasteiger partial charge in [-0.15, -0.1) is 5.10 Å². The summed E-state index contributed by atoms with van der Waals surface area (Å²) in [7, 11) is 0. The number of aromatic carboxylic acids is 1. The number of alkyl halides is 1. The van der Waals surface area contributed by atoms with Gasteiger partial charge in [-0.05, 0) is 0 Å². The number of hydrogen-bond acceptors (Lipinski definition) is 4. The zero-order valence-corrected chi connectivity index (χ0v) is 7.13. The Morgan fingerprint density at radius 1 is 1.71 bits per heavy atom. The molecule has 0 unspecified atom stereocenters. The molecular weight excluding hydrogens is 193 g/mol. The summed E-state index contributed by atoms with van der Waals surface area (Å²) in [5.74, 6) is -1.18. The molecule has 1 N–H and O–H groups in total. The van der Waals surface area contributed by atoms with Crippen LogP contribution in [0.15, 0.2) is 6.20 Å². The van der Waals surface area contributed by atoms with Crippen molar-refractivity contribution in [3.63, 3.8) is 0 Å². The van der Waals surface area contributed by atoms with Crippen LogP contribution in [0.3, 0.4) is 0 Å². The third-order valence-electron chi connectivity index (χ3n) is 2.05. The van der Waals surface area contributed by atoms with E-state index < -0.39 is 18.2 Å². The van der Waals surface area contributed by atoms with Crippen LogP contribution in [0.5, 0.6) is 0 Å². The van der Waals surface area contributed by atoms with Gasteiger partial charge in [0.2, 0.25) is 0 Å². The number of aromatic nitrogens is 3. The van der Waals surface area contributed by atoms with Crippen molar-refractivity contribution < 1.29 is 19.0 Å². The number of carboxylic acid groups (broad SMARTS) is 1. The van der Waals surface area contributed by atoms with Crippen LogP contribution < -0.4 is 0 Å². The summed E-state index contributed by atoms with van der Waals surface area (Å²) in [6, 6.07) is -0.560. The maximum Gasteiger partial charge on any atom is 0.358 e. The number of halogens is 1. The second-order valence-electron chi connectivity index (χ2n) is 3.01. The zero-order valence-electron chi connectivity index (χ0n) is 7.13. The second kappa shape index (κ2) is 3.33. The van der Waals surface area contributed by atoms with Crippen LogP contribution in [0.25, 0.3) is 0 Å². The summed E-state index contributed by atoms with van der Waals surface area (Å²) in [4.78, 5) is 10.5. The molecular formula is C7H8FN3O3. The van der Waals surface area contributed by atoms with E-state index in [1.54, 1.807) is 0 Å². The van der Waals surface area contributed by atoms with Crippen LogP contribution in [0.4, 0.5) is 4.39 Å². The maximum absolute atomic E-state index is 13.1. The predicted molar refractivity (Wildman–Crippen MR) is 41.7 cm³/mol. The van der Waals surface area contributed by atoms with Gasteiger partial charge in [-0.2, -0.15) is 0 Å². The predicted octanol–water partition coefficient (Wildman–Crippen LogP) is -0.114. The number of nitrogens with zero attached hydrogens (tertiary/aromatic N) is 3. The Hall–Kier alpha value is -1.50. The van der Waals surface area contributed by atoms with E-state index in [4.69, 9.17) is 9.84 Å². The van der Waals surface area contributed by atoms with Gasteiger partial charge in [0.1, 0.15) is 12.2 Å². The Morgan fingerprint density at radius 3 is 3.00 bits per heavy atom. The van der Waals surface area contributed by atoms with E-state index in [0.29, 0.717) is 0 Å². The van der Waals surface area contributed by atoms with Gasteiger partial charge >= 0.3 is 5.97 Å². The lowest BCUT2D eigenvalue weighted by atomic mass is 10.2. The molecule has 0 aliphatic carbocycles. The fourth-order valence-electron chi connectivity index (χ4n) is 1.30. The molecule has 1 saturated heterocycles. The molecule has 2 atom stereocenters. The van der Waals surface area contributed by atoms with Gasteiger partial charge in [-0.1, -0.05) is 5.21 Å². The topological polar surface area (TPSA) is 77.2 Å². The van der Waals surface area contributed by atoms with E-state index in [1.807, 2.05) is 0 Å². The van der Waals surface area contributed by atoms with Crippen molar-refractivity contribution in [1.82, 2.24) is 15.0 Å². The highest BCUT2D eigenvalue weighted by molar-refractivity contribution is 5.84. The molecule has 2 rings (SSSR count). The van der Waals surface area contributed by atoms with Crippen molar-refractivity contribution in [2.75, 3.05) is 13.2 Å². The highest BCUT2D eigenvalue weighted by Gasteiger charge is 2.31. The Bertz CT molecular complexity index is 354. The molecule has 0 saturated carbocycles. The fraction of sp³-hybridized carbons (Fsp3) is 0.571. The highest BCUT2D eigenvalue weighted by Crippen LogP contribution is 2.21. The second-order valence-corrected chi connectivity index (χ2v) is 3.01. The van der Waals surface area contributed by atoms with Gasteiger partial charge in [0, 0.05) is 0 Å². The Morgan fingerprint density at radius 2 is 2.50 bits per heavy atom. The van der Waals surface area contributed by atoms with Crippen molar-refractivity contribution in [3.8, 4) is 0 Å². The number of hydrogen-bond donors (Lipinski definition) is 1. The Labute approximate surface area is 78.3 Å². The van der Waals surface area contributed by atoms with E-state index >= 15 is 0 Å². The van der Waals surface area contributed by atoms with Gasteiger partial charge in [0.25, 0.3) is 0 Å². The SMILES string of the molecule is O=C(O)c1cn([C@@H]2COC[C@@H]2F)nn1. The monoisotopic (exact) mass is 201 g/mol. The van der Waals surface area contributed by atoms with Gasteiger partial charge in [0.15, 0.2) is 5.69 Å². The molecule has 76 valence electrons. The molecule has 1 aliphatic heterocycles. The van der Waals surface area contributed by atoms with Crippen LogP contribution in [-0.4, -0.2) is 45.5 Å². The third-order valence-corrected chi connectivity index (χ3v) is 2.05. The summed E-state index contributed by atoms with van der Waals surface area (Å²) in [5.41, 5.74) is -0.191. The van der Waals surface area contributed by atoms with Crippen LogP contribution in [0.2, 0.25) is 0 Å². The van der Waals surface area contributed by atoms with Crippen LogP contribution in [-0.2, 0) is 4.74 Å². The van der Waals surface area contributed by atoms with Crippen LogP contribution in [0, 0.1) is 0 Å². The number of carboxylic acids is 1. The molecule has 1 aliphatic rings. The van der Waals surface area contributed by atoms with Gasteiger partial charge in [-0.25, -0.2) is 13.9 Å². The average molecular weight is 201 g/mol. The summed E-state index contributed by atoms with van der Waals surface area (Å²) in [6.45, 7) is 0.219. The standard InChI is InChI=1S/C7H8FN3O3/c8-4-2-14-3-6(4)11-1-5(7(12)13)9-10-11/h1,4,6H,2-3H2,(H,12,13)/t4-,6+/m0/s1. The summed E-state index contributed by atoms with van der Waals surface area (Å²) < 4.78 is 19.2.